The number of carbonyl (C=O) groups is 3. The van der Waals surface area contributed by atoms with Crippen LogP contribution in [0.4, 0.5) is 10.5 Å². The fourth-order valence-corrected chi connectivity index (χ4v) is 5.15. The summed E-state index contributed by atoms with van der Waals surface area (Å²) in [6.45, 7) is 1.79. The minimum absolute atomic E-state index is 0.161. The second-order valence-electron chi connectivity index (χ2n) is 7.84. The van der Waals surface area contributed by atoms with Gasteiger partial charge in [0.15, 0.2) is 6.61 Å². The maximum atomic E-state index is 13.0. The molecule has 0 atom stereocenters. The molecule has 0 unspecified atom stereocenters. The molecule has 0 saturated carbocycles. The number of aryl methyl sites for hydroxylation is 1. The highest BCUT2D eigenvalue weighted by molar-refractivity contribution is 9.10. The van der Waals surface area contributed by atoms with Crippen LogP contribution in [0.15, 0.2) is 74.5 Å². The number of ether oxygens (including phenoxy) is 1. The minimum atomic E-state index is -0.388. The molecule has 6 nitrogen and oxygen atoms in total. The topological polar surface area (TPSA) is 75.7 Å². The van der Waals surface area contributed by atoms with Crippen molar-refractivity contribution in [2.24, 2.45) is 0 Å². The van der Waals surface area contributed by atoms with Gasteiger partial charge in [-0.2, -0.15) is 0 Å². The average molecular weight is 651 g/mol. The minimum Gasteiger partial charge on any atom is -0.483 e. The second kappa shape index (κ2) is 11.6. The Bertz CT molecular complexity index is 1400. The predicted octanol–water partition coefficient (Wildman–Crippen LogP) is 7.43. The van der Waals surface area contributed by atoms with Gasteiger partial charge in [-0.05, 0) is 72.3 Å². The number of benzene rings is 3. The van der Waals surface area contributed by atoms with Gasteiger partial charge in [-0.1, -0.05) is 67.7 Å². The standard InChI is InChI=1S/C26H19Br2ClN2O4S/c1-15-6-8-19(12-21(15)29)30-24(32)14-35-22-9-7-18(27)10-17(22)11-23-25(33)31(26(34)36-23)13-16-4-2-3-5-20(16)28/h2-12H,13-14H2,1H3,(H,30,32)/b23-11-. The lowest BCUT2D eigenvalue weighted by molar-refractivity contribution is -0.123. The highest BCUT2D eigenvalue weighted by atomic mass is 79.9. The molecule has 1 fully saturated rings. The third-order valence-corrected chi connectivity index (χ3v) is 7.81. The first-order valence-electron chi connectivity index (χ1n) is 10.7. The van der Waals surface area contributed by atoms with E-state index in [1.807, 2.05) is 37.3 Å². The van der Waals surface area contributed by atoms with E-state index in [1.54, 1.807) is 36.4 Å². The van der Waals surface area contributed by atoms with E-state index in [0.717, 1.165) is 31.8 Å². The number of anilines is 1. The molecule has 0 spiro atoms. The zero-order valence-electron chi connectivity index (χ0n) is 18.9. The second-order valence-corrected chi connectivity index (χ2v) is 11.0. The van der Waals surface area contributed by atoms with Crippen LogP contribution in [-0.2, 0) is 16.1 Å². The molecule has 3 aromatic rings. The lowest BCUT2D eigenvalue weighted by Gasteiger charge is -2.13. The fourth-order valence-electron chi connectivity index (χ4n) is 3.35. The van der Waals surface area contributed by atoms with E-state index in [4.69, 9.17) is 16.3 Å². The van der Waals surface area contributed by atoms with Crippen LogP contribution in [0.5, 0.6) is 5.75 Å². The van der Waals surface area contributed by atoms with Gasteiger partial charge in [-0.25, -0.2) is 0 Å². The number of nitrogens with one attached hydrogen (secondary N) is 1. The SMILES string of the molecule is Cc1ccc(NC(=O)COc2ccc(Br)cc2/C=C2\SC(=O)N(Cc3ccccc3Br)C2=O)cc1Cl. The number of hydrogen-bond acceptors (Lipinski definition) is 5. The van der Waals surface area contributed by atoms with Crippen LogP contribution >= 0.6 is 55.2 Å². The number of carbonyl (C=O) groups excluding carboxylic acids is 3. The lowest BCUT2D eigenvalue weighted by Crippen LogP contribution is -2.27. The van der Waals surface area contributed by atoms with E-state index < -0.39 is 0 Å². The number of hydrogen-bond donors (Lipinski definition) is 1. The smallest absolute Gasteiger partial charge is 0.293 e. The molecule has 0 bridgehead atoms. The Morgan fingerprint density at radius 1 is 1.11 bits per heavy atom. The van der Waals surface area contributed by atoms with E-state index in [0.29, 0.717) is 22.0 Å². The Labute approximate surface area is 234 Å². The van der Waals surface area contributed by atoms with Crippen molar-refractivity contribution in [3.05, 3.63) is 96.2 Å². The maximum Gasteiger partial charge on any atom is 0.293 e. The van der Waals surface area contributed by atoms with Crippen LogP contribution in [0.3, 0.4) is 0 Å². The van der Waals surface area contributed by atoms with Gasteiger partial charge in [0.2, 0.25) is 0 Å². The van der Waals surface area contributed by atoms with Gasteiger partial charge in [-0.15, -0.1) is 0 Å². The van der Waals surface area contributed by atoms with Crippen LogP contribution in [0.25, 0.3) is 6.08 Å². The molecule has 184 valence electrons. The highest BCUT2D eigenvalue weighted by Crippen LogP contribution is 2.36. The number of amides is 3. The zero-order chi connectivity index (χ0) is 25.8. The zero-order valence-corrected chi connectivity index (χ0v) is 23.6. The Balaban J connectivity index is 1.48. The summed E-state index contributed by atoms with van der Waals surface area (Å²) in [6, 6.07) is 17.9. The van der Waals surface area contributed by atoms with E-state index in [9.17, 15) is 14.4 Å². The van der Waals surface area contributed by atoms with E-state index in [-0.39, 0.29) is 35.1 Å². The van der Waals surface area contributed by atoms with E-state index in [1.165, 1.54) is 4.90 Å². The van der Waals surface area contributed by atoms with Crippen molar-refractivity contribution >= 4 is 84.0 Å². The maximum absolute atomic E-state index is 13.0. The van der Waals surface area contributed by atoms with Crippen molar-refractivity contribution in [3.63, 3.8) is 0 Å². The van der Waals surface area contributed by atoms with Crippen LogP contribution < -0.4 is 10.1 Å². The summed E-state index contributed by atoms with van der Waals surface area (Å²) in [6.07, 6.45) is 1.60. The van der Waals surface area contributed by atoms with Gasteiger partial charge in [0.1, 0.15) is 5.75 Å². The average Bonchev–Trinajstić information content (AvgIpc) is 3.09. The Morgan fingerprint density at radius 3 is 2.64 bits per heavy atom. The van der Waals surface area contributed by atoms with Crippen LogP contribution in [0.1, 0.15) is 16.7 Å². The van der Waals surface area contributed by atoms with E-state index >= 15 is 0 Å². The molecule has 4 rings (SSSR count). The third kappa shape index (κ3) is 6.39. The lowest BCUT2D eigenvalue weighted by atomic mass is 10.1. The number of rotatable bonds is 7. The molecule has 1 aliphatic heterocycles. The summed E-state index contributed by atoms with van der Waals surface area (Å²) in [5.74, 6) is -0.355. The molecule has 0 radical (unpaired) electrons. The van der Waals surface area contributed by atoms with Crippen molar-refractivity contribution in [1.29, 1.82) is 0 Å². The Morgan fingerprint density at radius 2 is 1.89 bits per heavy atom. The normalized spacial score (nSPS) is 14.4. The van der Waals surface area contributed by atoms with Gasteiger partial charge in [0.25, 0.3) is 17.1 Å². The molecule has 10 heteroatoms. The molecule has 1 saturated heterocycles. The van der Waals surface area contributed by atoms with Gasteiger partial charge in [0, 0.05) is 25.2 Å². The highest BCUT2D eigenvalue weighted by Gasteiger charge is 2.35. The molecule has 0 aliphatic carbocycles. The van der Waals surface area contributed by atoms with Crippen molar-refractivity contribution < 1.29 is 19.1 Å². The van der Waals surface area contributed by atoms with E-state index in [2.05, 4.69) is 37.2 Å². The summed E-state index contributed by atoms with van der Waals surface area (Å²) in [4.78, 5) is 39.5. The van der Waals surface area contributed by atoms with Crippen molar-refractivity contribution in [3.8, 4) is 5.75 Å². The molecule has 36 heavy (non-hydrogen) atoms. The van der Waals surface area contributed by atoms with Gasteiger partial charge in [-0.3, -0.25) is 19.3 Å². The van der Waals surface area contributed by atoms with Crippen LogP contribution in [0.2, 0.25) is 5.02 Å². The summed E-state index contributed by atoms with van der Waals surface area (Å²) >= 11 is 13.9. The first-order valence-corrected chi connectivity index (χ1v) is 13.5. The van der Waals surface area contributed by atoms with Gasteiger partial charge in [0.05, 0.1) is 11.4 Å². The molecular weight excluding hydrogens is 632 g/mol. The first-order chi connectivity index (χ1) is 17.2. The molecule has 1 N–H and O–H groups in total. The Hall–Kier alpha value is -2.59. The summed E-state index contributed by atoms with van der Waals surface area (Å²) in [5, 5.41) is 2.95. The molecular formula is C26H19Br2ClN2O4S. The number of halogens is 3. The molecule has 1 aliphatic rings. The molecule has 3 aromatic carbocycles. The largest absolute Gasteiger partial charge is 0.483 e. The molecule has 3 amide bonds. The first kappa shape index (κ1) is 26.5. The number of thioether (sulfide) groups is 1. The Kier molecular flexibility index (Phi) is 8.56. The number of nitrogens with zero attached hydrogens (tertiary/aromatic N) is 1. The molecule has 1 heterocycles. The van der Waals surface area contributed by atoms with Gasteiger partial charge >= 0.3 is 0 Å². The van der Waals surface area contributed by atoms with Crippen LogP contribution in [-0.4, -0.2) is 28.6 Å². The number of imide groups is 1. The van der Waals surface area contributed by atoms with Crippen molar-refractivity contribution in [1.82, 2.24) is 4.90 Å². The summed E-state index contributed by atoms with van der Waals surface area (Å²) in [7, 11) is 0. The third-order valence-electron chi connectivity index (χ3n) is 5.23. The predicted molar refractivity (Wildman–Crippen MR) is 150 cm³/mol. The monoisotopic (exact) mass is 648 g/mol. The quantitative estimate of drug-likeness (QED) is 0.269. The summed E-state index contributed by atoms with van der Waals surface area (Å²) in [5.41, 5.74) is 2.86. The van der Waals surface area contributed by atoms with Crippen LogP contribution in [0, 0.1) is 6.92 Å². The van der Waals surface area contributed by atoms with Crippen molar-refractivity contribution in [2.45, 2.75) is 13.5 Å². The van der Waals surface area contributed by atoms with Gasteiger partial charge < -0.3 is 10.1 Å². The molecule has 0 aromatic heterocycles. The fraction of sp³-hybridized carbons (Fsp3) is 0.115. The summed E-state index contributed by atoms with van der Waals surface area (Å²) < 4.78 is 7.33. The van der Waals surface area contributed by atoms with Crippen molar-refractivity contribution in [2.75, 3.05) is 11.9 Å².